The van der Waals surface area contributed by atoms with Crippen molar-refractivity contribution in [2.24, 2.45) is 0 Å². The molecule has 5 nitrogen and oxygen atoms in total. The van der Waals surface area contributed by atoms with Crippen molar-refractivity contribution in [3.05, 3.63) is 71.8 Å². The van der Waals surface area contributed by atoms with Crippen LogP contribution in [0, 0.1) is 0 Å². The molecule has 2 N–H and O–H groups in total. The summed E-state index contributed by atoms with van der Waals surface area (Å²) in [7, 11) is 0. The molecule has 1 unspecified atom stereocenters. The van der Waals surface area contributed by atoms with Crippen molar-refractivity contribution in [1.29, 1.82) is 0 Å². The number of esters is 1. The van der Waals surface area contributed by atoms with E-state index in [1.54, 1.807) is 13.0 Å². The quantitative estimate of drug-likeness (QED) is 0.517. The molecule has 0 aliphatic heterocycles. The molecule has 162 valence electrons. The first-order valence-corrected chi connectivity index (χ1v) is 10.4. The number of β-amino-alcohol motifs (C(OH)–C–C–N with tert-alkyl or cyclic N) is 1. The first-order valence-electron chi connectivity index (χ1n) is 10.4. The lowest BCUT2D eigenvalue weighted by molar-refractivity contribution is -0.142. The fraction of sp³-hybridized carbons (Fsp3) is 0.400. The number of ether oxygens (including phenoxy) is 2. The van der Waals surface area contributed by atoms with Gasteiger partial charge in [-0.25, -0.2) is 0 Å². The largest absolute Gasteiger partial charge is 0.491 e. The van der Waals surface area contributed by atoms with E-state index in [0.717, 1.165) is 12.0 Å². The van der Waals surface area contributed by atoms with Crippen molar-refractivity contribution < 1.29 is 19.4 Å². The van der Waals surface area contributed by atoms with Gasteiger partial charge in [-0.15, -0.1) is 0 Å². The zero-order valence-electron chi connectivity index (χ0n) is 18.1. The van der Waals surface area contributed by atoms with E-state index in [1.165, 1.54) is 5.56 Å². The number of carbonyl (C=O) groups excluding carboxylic acids is 1. The summed E-state index contributed by atoms with van der Waals surface area (Å²) < 4.78 is 10.6. The minimum atomic E-state index is -0.607. The summed E-state index contributed by atoms with van der Waals surface area (Å²) in [6, 6.07) is 17.8. The van der Waals surface area contributed by atoms with Gasteiger partial charge in [0, 0.05) is 12.1 Å². The van der Waals surface area contributed by atoms with Crippen LogP contribution < -0.4 is 10.1 Å². The summed E-state index contributed by atoms with van der Waals surface area (Å²) in [5.74, 6) is 0.461. The lowest BCUT2D eigenvalue weighted by atomic mass is 9.95. The van der Waals surface area contributed by atoms with Crippen LogP contribution in [-0.2, 0) is 16.0 Å². The first-order chi connectivity index (χ1) is 14.4. The third-order valence-corrected chi connectivity index (χ3v) is 4.53. The molecule has 2 rings (SSSR count). The molecule has 2 aromatic carbocycles. The molecule has 0 radical (unpaired) electrons. The number of nitrogens with one attached hydrogen (secondary N) is 1. The maximum Gasteiger partial charge on any atom is 0.309 e. The molecule has 2 aromatic rings. The zero-order valence-corrected chi connectivity index (χ0v) is 18.1. The van der Waals surface area contributed by atoms with Crippen LogP contribution in [0.3, 0.4) is 0 Å². The number of hydrogen-bond donors (Lipinski definition) is 2. The third kappa shape index (κ3) is 9.25. The van der Waals surface area contributed by atoms with Gasteiger partial charge >= 0.3 is 5.97 Å². The number of aliphatic hydroxyl groups excluding tert-OH is 1. The van der Waals surface area contributed by atoms with Crippen LogP contribution in [0.15, 0.2) is 60.7 Å². The lowest BCUT2D eigenvalue weighted by Crippen LogP contribution is -2.46. The van der Waals surface area contributed by atoms with Gasteiger partial charge in [0.25, 0.3) is 0 Å². The molecule has 0 spiro atoms. The predicted octanol–water partition coefficient (Wildman–Crippen LogP) is 4.00. The number of benzene rings is 2. The van der Waals surface area contributed by atoms with Crippen molar-refractivity contribution in [2.75, 3.05) is 19.8 Å². The summed E-state index contributed by atoms with van der Waals surface area (Å²) in [4.78, 5) is 11.3. The minimum Gasteiger partial charge on any atom is -0.491 e. The van der Waals surface area contributed by atoms with E-state index in [4.69, 9.17) is 9.47 Å². The number of aliphatic hydroxyl groups is 1. The van der Waals surface area contributed by atoms with Crippen molar-refractivity contribution in [3.8, 4) is 5.75 Å². The standard InChI is InChI=1S/C25H33NO4/c1-4-29-24(28)12-8-11-20-13-15-23(16-14-20)30-19-22(27)18-26-25(2,3)17-21-9-6-5-7-10-21/h5-11,13-16,22,26-27H,4,12,17-19H2,1-3H3/b11-8+. The highest BCUT2D eigenvalue weighted by Gasteiger charge is 2.19. The molecule has 0 fully saturated rings. The van der Waals surface area contributed by atoms with Gasteiger partial charge in [-0.05, 0) is 50.5 Å². The van der Waals surface area contributed by atoms with Crippen molar-refractivity contribution in [3.63, 3.8) is 0 Å². The van der Waals surface area contributed by atoms with Crippen LogP contribution in [0.5, 0.6) is 5.75 Å². The second-order valence-electron chi connectivity index (χ2n) is 7.87. The molecule has 0 heterocycles. The van der Waals surface area contributed by atoms with Crippen LogP contribution in [0.1, 0.15) is 38.3 Å². The van der Waals surface area contributed by atoms with Gasteiger partial charge in [-0.2, -0.15) is 0 Å². The van der Waals surface area contributed by atoms with Crippen molar-refractivity contribution in [1.82, 2.24) is 5.32 Å². The Hall–Kier alpha value is -2.63. The maximum atomic E-state index is 11.3. The molecular weight excluding hydrogens is 378 g/mol. The molecule has 30 heavy (non-hydrogen) atoms. The molecule has 0 aromatic heterocycles. The van der Waals surface area contributed by atoms with Gasteiger partial charge in [0.2, 0.25) is 0 Å². The molecule has 0 aliphatic rings. The molecule has 0 saturated carbocycles. The Morgan fingerprint density at radius 3 is 2.50 bits per heavy atom. The molecule has 0 amide bonds. The van der Waals surface area contributed by atoms with E-state index in [-0.39, 0.29) is 24.5 Å². The van der Waals surface area contributed by atoms with Crippen molar-refractivity contribution in [2.45, 2.75) is 45.3 Å². The third-order valence-electron chi connectivity index (χ3n) is 4.53. The molecule has 0 saturated heterocycles. The van der Waals surface area contributed by atoms with Crippen LogP contribution in [-0.4, -0.2) is 42.5 Å². The van der Waals surface area contributed by atoms with E-state index in [9.17, 15) is 9.90 Å². The van der Waals surface area contributed by atoms with E-state index in [0.29, 0.717) is 18.9 Å². The summed E-state index contributed by atoms with van der Waals surface area (Å²) in [6.07, 6.45) is 4.18. The highest BCUT2D eigenvalue weighted by molar-refractivity contribution is 5.72. The summed E-state index contributed by atoms with van der Waals surface area (Å²) in [5.41, 5.74) is 2.11. The summed E-state index contributed by atoms with van der Waals surface area (Å²) in [5, 5.41) is 13.7. The number of carbonyl (C=O) groups is 1. The van der Waals surface area contributed by atoms with Gasteiger partial charge in [0.05, 0.1) is 13.0 Å². The summed E-state index contributed by atoms with van der Waals surface area (Å²) >= 11 is 0. The normalized spacial score (nSPS) is 12.7. The average molecular weight is 412 g/mol. The smallest absolute Gasteiger partial charge is 0.309 e. The number of rotatable bonds is 12. The Balaban J connectivity index is 1.71. The van der Waals surface area contributed by atoms with E-state index in [1.807, 2.05) is 48.5 Å². The Morgan fingerprint density at radius 2 is 1.83 bits per heavy atom. The van der Waals surface area contributed by atoms with E-state index in [2.05, 4.69) is 31.3 Å². The van der Waals surface area contributed by atoms with E-state index >= 15 is 0 Å². The number of hydrogen-bond acceptors (Lipinski definition) is 5. The average Bonchev–Trinajstić information content (AvgIpc) is 2.72. The van der Waals surface area contributed by atoms with Crippen LogP contribution in [0.4, 0.5) is 0 Å². The fourth-order valence-electron chi connectivity index (χ4n) is 3.00. The maximum absolute atomic E-state index is 11.3. The van der Waals surface area contributed by atoms with Gasteiger partial charge in [-0.3, -0.25) is 4.79 Å². The molecule has 0 aliphatic carbocycles. The minimum absolute atomic E-state index is 0.125. The highest BCUT2D eigenvalue weighted by Crippen LogP contribution is 2.15. The monoisotopic (exact) mass is 411 g/mol. The highest BCUT2D eigenvalue weighted by atomic mass is 16.5. The Morgan fingerprint density at radius 1 is 1.13 bits per heavy atom. The second kappa shape index (κ2) is 12.2. The molecule has 1 atom stereocenters. The lowest BCUT2D eigenvalue weighted by Gasteiger charge is -2.28. The topological polar surface area (TPSA) is 67.8 Å². The van der Waals surface area contributed by atoms with Crippen LogP contribution >= 0.6 is 0 Å². The molecular formula is C25H33NO4. The Labute approximate surface area is 179 Å². The van der Waals surface area contributed by atoms with Gasteiger partial charge in [-0.1, -0.05) is 54.6 Å². The van der Waals surface area contributed by atoms with Gasteiger partial charge < -0.3 is 19.9 Å². The second-order valence-corrected chi connectivity index (χ2v) is 7.87. The fourth-order valence-corrected chi connectivity index (χ4v) is 3.00. The Kier molecular flexibility index (Phi) is 9.58. The van der Waals surface area contributed by atoms with Gasteiger partial charge in [0.15, 0.2) is 0 Å². The van der Waals surface area contributed by atoms with E-state index < -0.39 is 6.10 Å². The SMILES string of the molecule is CCOC(=O)C/C=C/c1ccc(OCC(O)CNC(C)(C)Cc2ccccc2)cc1. The first kappa shape index (κ1) is 23.6. The van der Waals surface area contributed by atoms with Crippen molar-refractivity contribution >= 4 is 12.0 Å². The molecule has 5 heteroatoms. The predicted molar refractivity (Wildman–Crippen MR) is 120 cm³/mol. The Bertz CT molecular complexity index is 785. The molecule has 0 bridgehead atoms. The summed E-state index contributed by atoms with van der Waals surface area (Å²) in [6.45, 7) is 7.11. The zero-order chi connectivity index (χ0) is 21.8. The van der Waals surface area contributed by atoms with Crippen LogP contribution in [0.25, 0.3) is 6.08 Å². The van der Waals surface area contributed by atoms with Crippen LogP contribution in [0.2, 0.25) is 0 Å². The van der Waals surface area contributed by atoms with Gasteiger partial charge in [0.1, 0.15) is 18.5 Å².